The number of imidazole rings is 1. The number of carboxylic acids is 1. The molecule has 0 aliphatic heterocycles. The molecule has 1 aromatic heterocycles. The zero-order valence-electron chi connectivity index (χ0n) is 11.6. The monoisotopic (exact) mass is 268 g/mol. The highest BCUT2D eigenvalue weighted by molar-refractivity contribution is 5.83. The molecule has 1 aromatic rings. The summed E-state index contributed by atoms with van der Waals surface area (Å²) in [7, 11) is 1.58. The van der Waals surface area contributed by atoms with Gasteiger partial charge in [0.15, 0.2) is 0 Å². The van der Waals surface area contributed by atoms with E-state index in [-0.39, 0.29) is 6.54 Å². The SMILES string of the molecule is CN(Cc1ncc[nH]1)C(=O)NC(C(=O)O)C(C)(C)C. The van der Waals surface area contributed by atoms with Gasteiger partial charge in [-0.2, -0.15) is 0 Å². The van der Waals surface area contributed by atoms with Gasteiger partial charge in [-0.25, -0.2) is 14.6 Å². The first kappa shape index (κ1) is 15.0. The van der Waals surface area contributed by atoms with E-state index in [2.05, 4.69) is 15.3 Å². The Labute approximate surface area is 112 Å². The van der Waals surface area contributed by atoms with Gasteiger partial charge >= 0.3 is 12.0 Å². The van der Waals surface area contributed by atoms with Crippen LogP contribution in [-0.2, 0) is 11.3 Å². The lowest BCUT2D eigenvalue weighted by molar-refractivity contribution is -0.142. The summed E-state index contributed by atoms with van der Waals surface area (Å²) in [5.74, 6) is -0.410. The van der Waals surface area contributed by atoms with Crippen LogP contribution in [0.4, 0.5) is 4.79 Å². The van der Waals surface area contributed by atoms with E-state index in [1.807, 2.05) is 0 Å². The van der Waals surface area contributed by atoms with Crippen molar-refractivity contribution in [2.45, 2.75) is 33.4 Å². The van der Waals surface area contributed by atoms with Gasteiger partial charge in [0.25, 0.3) is 0 Å². The quantitative estimate of drug-likeness (QED) is 0.760. The first-order valence-electron chi connectivity index (χ1n) is 5.94. The fraction of sp³-hybridized carbons (Fsp3) is 0.583. The molecule has 0 aliphatic carbocycles. The molecule has 0 aromatic carbocycles. The Kier molecular flexibility index (Phi) is 4.52. The molecular formula is C12H20N4O3. The van der Waals surface area contributed by atoms with E-state index in [0.717, 1.165) is 0 Å². The molecule has 0 aliphatic rings. The van der Waals surface area contributed by atoms with Gasteiger partial charge in [0.2, 0.25) is 0 Å². The molecule has 0 radical (unpaired) electrons. The Morgan fingerprint density at radius 1 is 1.53 bits per heavy atom. The molecule has 1 atom stereocenters. The minimum absolute atomic E-state index is 0.287. The molecule has 3 N–H and O–H groups in total. The normalized spacial score (nSPS) is 12.8. The number of nitrogens with one attached hydrogen (secondary N) is 2. The van der Waals surface area contributed by atoms with Gasteiger partial charge in [0, 0.05) is 19.4 Å². The van der Waals surface area contributed by atoms with Crippen LogP contribution < -0.4 is 5.32 Å². The predicted octanol–water partition coefficient (Wildman–Crippen LogP) is 1.05. The molecule has 106 valence electrons. The molecule has 19 heavy (non-hydrogen) atoms. The van der Waals surface area contributed by atoms with E-state index in [4.69, 9.17) is 5.11 Å². The Morgan fingerprint density at radius 2 is 2.16 bits per heavy atom. The lowest BCUT2D eigenvalue weighted by Crippen LogP contribution is -2.52. The second-order valence-electron chi connectivity index (χ2n) is 5.48. The third-order valence-corrected chi connectivity index (χ3v) is 2.67. The Balaban J connectivity index is 2.64. The van der Waals surface area contributed by atoms with Crippen molar-refractivity contribution in [1.29, 1.82) is 0 Å². The second-order valence-corrected chi connectivity index (χ2v) is 5.48. The molecule has 2 amide bonds. The molecule has 1 heterocycles. The maximum absolute atomic E-state index is 11.9. The van der Waals surface area contributed by atoms with Crippen LogP contribution in [0.25, 0.3) is 0 Å². The summed E-state index contributed by atoms with van der Waals surface area (Å²) in [5, 5.41) is 11.7. The van der Waals surface area contributed by atoms with Crippen molar-refractivity contribution in [3.8, 4) is 0 Å². The Morgan fingerprint density at radius 3 is 2.58 bits per heavy atom. The molecule has 0 fully saturated rings. The molecule has 0 saturated heterocycles. The molecule has 0 saturated carbocycles. The Hall–Kier alpha value is -2.05. The van der Waals surface area contributed by atoms with Crippen LogP contribution in [0, 0.1) is 5.41 Å². The van der Waals surface area contributed by atoms with E-state index >= 15 is 0 Å². The molecule has 7 nitrogen and oxygen atoms in total. The van der Waals surface area contributed by atoms with Crippen LogP contribution in [-0.4, -0.2) is 45.1 Å². The average Bonchev–Trinajstić information content (AvgIpc) is 2.75. The highest BCUT2D eigenvalue weighted by atomic mass is 16.4. The average molecular weight is 268 g/mol. The molecule has 7 heteroatoms. The van der Waals surface area contributed by atoms with Crippen molar-refractivity contribution in [2.24, 2.45) is 5.41 Å². The van der Waals surface area contributed by atoms with Gasteiger partial charge in [0.05, 0.1) is 6.54 Å². The number of nitrogens with zero attached hydrogens (tertiary/aromatic N) is 2. The van der Waals surface area contributed by atoms with Crippen molar-refractivity contribution in [2.75, 3.05) is 7.05 Å². The number of aromatic nitrogens is 2. The summed E-state index contributed by atoms with van der Waals surface area (Å²) in [6.45, 7) is 5.57. The van der Waals surface area contributed by atoms with E-state index in [1.165, 1.54) is 4.90 Å². The highest BCUT2D eigenvalue weighted by Crippen LogP contribution is 2.19. The number of amides is 2. The smallest absolute Gasteiger partial charge is 0.326 e. The van der Waals surface area contributed by atoms with Crippen LogP contribution >= 0.6 is 0 Å². The van der Waals surface area contributed by atoms with Crippen molar-refractivity contribution >= 4 is 12.0 Å². The largest absolute Gasteiger partial charge is 0.480 e. The fourth-order valence-corrected chi connectivity index (χ4v) is 1.56. The standard InChI is InChI=1S/C12H20N4O3/c1-12(2,3)9(10(17)18)15-11(19)16(4)7-8-13-5-6-14-8/h5-6,9H,7H2,1-4H3,(H,13,14)(H,15,19)(H,17,18). The van der Waals surface area contributed by atoms with Crippen LogP contribution in [0.3, 0.4) is 0 Å². The van der Waals surface area contributed by atoms with Gasteiger partial charge in [-0.1, -0.05) is 20.8 Å². The summed E-state index contributed by atoms with van der Waals surface area (Å²) in [4.78, 5) is 31.4. The van der Waals surface area contributed by atoms with E-state index in [0.29, 0.717) is 5.82 Å². The summed E-state index contributed by atoms with van der Waals surface area (Å²) in [6.07, 6.45) is 3.26. The number of carbonyl (C=O) groups excluding carboxylic acids is 1. The second kappa shape index (κ2) is 5.73. The fourth-order valence-electron chi connectivity index (χ4n) is 1.56. The zero-order valence-corrected chi connectivity index (χ0v) is 11.6. The predicted molar refractivity (Wildman–Crippen MR) is 69.5 cm³/mol. The minimum atomic E-state index is -1.05. The van der Waals surface area contributed by atoms with Crippen molar-refractivity contribution in [3.63, 3.8) is 0 Å². The van der Waals surface area contributed by atoms with Crippen molar-refractivity contribution in [3.05, 3.63) is 18.2 Å². The summed E-state index contributed by atoms with van der Waals surface area (Å²) >= 11 is 0. The summed E-state index contributed by atoms with van der Waals surface area (Å²) in [5.41, 5.74) is -0.562. The number of carboxylic acid groups (broad SMARTS) is 1. The van der Waals surface area contributed by atoms with Crippen LogP contribution in [0.1, 0.15) is 26.6 Å². The number of hydrogen-bond acceptors (Lipinski definition) is 3. The topological polar surface area (TPSA) is 98.3 Å². The van der Waals surface area contributed by atoms with Crippen LogP contribution in [0.2, 0.25) is 0 Å². The first-order chi connectivity index (χ1) is 8.71. The molecular weight excluding hydrogens is 248 g/mol. The number of H-pyrrole nitrogens is 1. The summed E-state index contributed by atoms with van der Waals surface area (Å²) in [6, 6.07) is -1.39. The molecule has 1 rings (SSSR count). The van der Waals surface area contributed by atoms with E-state index < -0.39 is 23.5 Å². The number of hydrogen-bond donors (Lipinski definition) is 3. The lowest BCUT2D eigenvalue weighted by atomic mass is 9.87. The lowest BCUT2D eigenvalue weighted by Gasteiger charge is -2.29. The summed E-state index contributed by atoms with van der Waals surface area (Å²) < 4.78 is 0. The van der Waals surface area contributed by atoms with E-state index in [1.54, 1.807) is 40.2 Å². The Bertz CT molecular complexity index is 436. The van der Waals surface area contributed by atoms with Gasteiger partial charge in [-0.15, -0.1) is 0 Å². The number of carbonyl (C=O) groups is 2. The first-order valence-corrected chi connectivity index (χ1v) is 5.94. The van der Waals surface area contributed by atoms with Gasteiger partial charge in [0.1, 0.15) is 11.9 Å². The molecule has 0 bridgehead atoms. The maximum atomic E-state index is 11.9. The third-order valence-electron chi connectivity index (χ3n) is 2.67. The van der Waals surface area contributed by atoms with Crippen LogP contribution in [0.5, 0.6) is 0 Å². The highest BCUT2D eigenvalue weighted by Gasteiger charge is 2.33. The third kappa shape index (κ3) is 4.27. The zero-order chi connectivity index (χ0) is 14.6. The molecule has 0 spiro atoms. The number of aliphatic carboxylic acids is 1. The van der Waals surface area contributed by atoms with Crippen molar-refractivity contribution in [1.82, 2.24) is 20.2 Å². The number of urea groups is 1. The number of aromatic amines is 1. The van der Waals surface area contributed by atoms with Gasteiger partial charge < -0.3 is 20.3 Å². The van der Waals surface area contributed by atoms with Gasteiger partial charge in [-0.05, 0) is 5.41 Å². The van der Waals surface area contributed by atoms with Crippen molar-refractivity contribution < 1.29 is 14.7 Å². The minimum Gasteiger partial charge on any atom is -0.480 e. The van der Waals surface area contributed by atoms with Gasteiger partial charge in [-0.3, -0.25) is 0 Å². The van der Waals surface area contributed by atoms with Crippen LogP contribution in [0.15, 0.2) is 12.4 Å². The maximum Gasteiger partial charge on any atom is 0.326 e. The van der Waals surface area contributed by atoms with E-state index in [9.17, 15) is 9.59 Å². The number of rotatable bonds is 4. The molecule has 1 unspecified atom stereocenters.